The molecule has 29 heavy (non-hydrogen) atoms. The number of nitrogens with one attached hydrogen (secondary N) is 1. The second kappa shape index (κ2) is 12.7. The molecule has 0 saturated heterocycles. The van der Waals surface area contributed by atoms with Crippen LogP contribution in [0, 0.1) is 5.82 Å². The van der Waals surface area contributed by atoms with Gasteiger partial charge in [0.2, 0.25) is 12.3 Å². The highest BCUT2D eigenvalue weighted by Gasteiger charge is 2.15. The summed E-state index contributed by atoms with van der Waals surface area (Å²) in [5.74, 6) is -0.638. The number of aromatic nitrogens is 1. The highest BCUT2D eigenvalue weighted by molar-refractivity contribution is 6.35. The lowest BCUT2D eigenvalue weighted by atomic mass is 10.1. The van der Waals surface area contributed by atoms with E-state index in [1.165, 1.54) is 19.2 Å². The average Bonchev–Trinajstić information content (AvgIpc) is 3.19. The van der Waals surface area contributed by atoms with Crippen molar-refractivity contribution in [2.24, 2.45) is 5.73 Å². The van der Waals surface area contributed by atoms with Crippen LogP contribution in [0.3, 0.4) is 0 Å². The number of rotatable bonds is 6. The maximum atomic E-state index is 12.9. The first-order chi connectivity index (χ1) is 14.1. The highest BCUT2D eigenvalue weighted by atomic mass is 35.5. The number of para-hydroxylation sites is 1. The molecule has 156 valence electrons. The average molecular weight is 420 g/mol. The molecule has 0 aliphatic heterocycles. The third-order valence-electron chi connectivity index (χ3n) is 4.07. The van der Waals surface area contributed by atoms with Gasteiger partial charge in [-0.2, -0.15) is 0 Å². The second-order valence-electron chi connectivity index (χ2n) is 5.73. The molecule has 1 aromatic heterocycles. The van der Waals surface area contributed by atoms with Gasteiger partial charge in [-0.15, -0.1) is 0 Å². The van der Waals surface area contributed by atoms with Crippen LogP contribution in [-0.4, -0.2) is 29.2 Å². The van der Waals surface area contributed by atoms with Crippen molar-refractivity contribution in [3.63, 3.8) is 0 Å². The Balaban J connectivity index is 0.000000989. The zero-order valence-electron chi connectivity index (χ0n) is 16.9. The molecule has 0 saturated carbocycles. The quantitative estimate of drug-likeness (QED) is 0.569. The van der Waals surface area contributed by atoms with E-state index in [-0.39, 0.29) is 24.7 Å². The molecule has 1 heterocycles. The van der Waals surface area contributed by atoms with Crippen molar-refractivity contribution in [2.75, 3.05) is 7.05 Å². The van der Waals surface area contributed by atoms with Gasteiger partial charge in [-0.1, -0.05) is 49.7 Å². The predicted molar refractivity (Wildman–Crippen MR) is 116 cm³/mol. The van der Waals surface area contributed by atoms with Crippen molar-refractivity contribution in [3.8, 4) is 0 Å². The molecule has 5 nitrogen and oxygen atoms in total. The first-order valence-electron chi connectivity index (χ1n) is 9.40. The maximum absolute atomic E-state index is 12.9. The fraction of sp³-hybridized carbons (Fsp3) is 0.273. The van der Waals surface area contributed by atoms with Crippen LogP contribution in [0.15, 0.2) is 48.7 Å². The summed E-state index contributed by atoms with van der Waals surface area (Å²) < 4.78 is 12.9. The number of hydrogen-bond acceptors (Lipinski definition) is 3. The Morgan fingerprint density at radius 2 is 1.83 bits per heavy atom. The molecule has 0 atom stereocenters. The maximum Gasteiger partial charge on any atom is 0.229 e. The monoisotopic (exact) mass is 419 g/mol. The molecule has 2 amide bonds. The number of halogens is 2. The van der Waals surface area contributed by atoms with Crippen molar-refractivity contribution >= 4 is 34.8 Å². The first kappa shape index (κ1) is 24.3. The normalized spacial score (nSPS) is 9.72. The Hall–Kier alpha value is -2.70. The lowest BCUT2D eigenvalue weighted by Crippen LogP contribution is -2.29. The largest absolute Gasteiger partial charge is 0.360 e. The Bertz CT molecular complexity index is 910. The molecule has 3 aromatic rings. The van der Waals surface area contributed by atoms with E-state index in [0.29, 0.717) is 23.4 Å². The van der Waals surface area contributed by atoms with E-state index in [9.17, 15) is 14.0 Å². The Morgan fingerprint density at radius 3 is 2.45 bits per heavy atom. The number of hydrogen-bond donors (Lipinski definition) is 2. The number of aryl methyl sites for hydroxylation is 1. The molecule has 0 aliphatic rings. The van der Waals surface area contributed by atoms with Gasteiger partial charge in [0.15, 0.2) is 0 Å². The zero-order chi connectivity index (χ0) is 21.8. The standard InChI is InChI=1S/C19H16ClFN2O2.C2H6.CH5N/c20-17-3-1-2-16-14(10-22-19(16)17)6-9-18(25)23(12-24)11-13-4-7-15(21)8-5-13;2*1-2/h1-5,7-8,10,12,22H,6,9,11H2;1-2H3;2H2,1H3. The number of nitrogens with two attached hydrogens (primary N) is 1. The van der Waals surface area contributed by atoms with Gasteiger partial charge in [0, 0.05) is 18.0 Å². The van der Waals surface area contributed by atoms with Gasteiger partial charge in [-0.3, -0.25) is 14.5 Å². The molecule has 0 spiro atoms. The van der Waals surface area contributed by atoms with Gasteiger partial charge < -0.3 is 10.7 Å². The van der Waals surface area contributed by atoms with Crippen molar-refractivity contribution in [2.45, 2.75) is 33.2 Å². The van der Waals surface area contributed by atoms with Crippen LogP contribution in [0.25, 0.3) is 10.9 Å². The van der Waals surface area contributed by atoms with E-state index >= 15 is 0 Å². The van der Waals surface area contributed by atoms with E-state index in [4.69, 9.17) is 11.6 Å². The predicted octanol–water partition coefficient (Wildman–Crippen LogP) is 4.68. The van der Waals surface area contributed by atoms with Gasteiger partial charge in [-0.05, 0) is 42.8 Å². The summed E-state index contributed by atoms with van der Waals surface area (Å²) in [5.41, 5.74) is 7.00. The number of fused-ring (bicyclic) bond motifs is 1. The van der Waals surface area contributed by atoms with Crippen LogP contribution in [0.1, 0.15) is 31.4 Å². The van der Waals surface area contributed by atoms with E-state index < -0.39 is 0 Å². The number of benzene rings is 2. The summed E-state index contributed by atoms with van der Waals surface area (Å²) >= 11 is 6.13. The molecule has 0 unspecified atom stereocenters. The molecule has 0 radical (unpaired) electrons. The topological polar surface area (TPSA) is 79.2 Å². The van der Waals surface area contributed by atoms with E-state index in [1.54, 1.807) is 18.2 Å². The Kier molecular flexibility index (Phi) is 10.7. The van der Waals surface area contributed by atoms with Gasteiger partial charge in [0.1, 0.15) is 5.82 Å². The van der Waals surface area contributed by atoms with Gasteiger partial charge in [0.05, 0.1) is 17.1 Å². The van der Waals surface area contributed by atoms with Gasteiger partial charge in [-0.25, -0.2) is 4.39 Å². The fourth-order valence-corrected chi connectivity index (χ4v) is 2.97. The number of amides is 2. The lowest BCUT2D eigenvalue weighted by Gasteiger charge is -2.15. The molecule has 3 N–H and O–H groups in total. The number of carbonyl (C=O) groups excluding carboxylic acids is 2. The smallest absolute Gasteiger partial charge is 0.229 e. The van der Waals surface area contributed by atoms with Crippen LogP contribution in [0.2, 0.25) is 5.02 Å². The molecule has 0 bridgehead atoms. The summed E-state index contributed by atoms with van der Waals surface area (Å²) in [6, 6.07) is 11.3. The van der Waals surface area contributed by atoms with Crippen LogP contribution in [0.4, 0.5) is 4.39 Å². The van der Waals surface area contributed by atoms with Crippen LogP contribution in [0.5, 0.6) is 0 Å². The fourth-order valence-electron chi connectivity index (χ4n) is 2.74. The van der Waals surface area contributed by atoms with Crippen molar-refractivity contribution in [1.82, 2.24) is 9.88 Å². The van der Waals surface area contributed by atoms with Crippen LogP contribution >= 0.6 is 11.6 Å². The van der Waals surface area contributed by atoms with E-state index in [1.807, 2.05) is 32.2 Å². The number of H-pyrrole nitrogens is 1. The summed E-state index contributed by atoms with van der Waals surface area (Å²) in [7, 11) is 1.50. The third-order valence-corrected chi connectivity index (χ3v) is 4.39. The summed E-state index contributed by atoms with van der Waals surface area (Å²) in [4.78, 5) is 27.8. The minimum atomic E-state index is -0.356. The Labute approximate surface area is 175 Å². The van der Waals surface area contributed by atoms with E-state index in [2.05, 4.69) is 10.7 Å². The van der Waals surface area contributed by atoms with Crippen LogP contribution < -0.4 is 5.73 Å². The van der Waals surface area contributed by atoms with Gasteiger partial charge in [0.25, 0.3) is 0 Å². The molecular weight excluding hydrogens is 393 g/mol. The summed E-state index contributed by atoms with van der Waals surface area (Å²) in [6.45, 7) is 4.13. The molecule has 7 heteroatoms. The van der Waals surface area contributed by atoms with Gasteiger partial charge >= 0.3 is 0 Å². The molecule has 3 rings (SSSR count). The highest BCUT2D eigenvalue weighted by Crippen LogP contribution is 2.26. The Morgan fingerprint density at radius 1 is 1.17 bits per heavy atom. The van der Waals surface area contributed by atoms with Crippen LogP contribution in [-0.2, 0) is 22.6 Å². The number of nitrogens with zero attached hydrogens (tertiary/aromatic N) is 1. The zero-order valence-corrected chi connectivity index (χ0v) is 17.7. The molecule has 2 aromatic carbocycles. The second-order valence-corrected chi connectivity index (χ2v) is 6.14. The minimum Gasteiger partial charge on any atom is -0.360 e. The first-order valence-corrected chi connectivity index (χ1v) is 9.77. The van der Waals surface area contributed by atoms with Crippen molar-refractivity contribution in [3.05, 3.63) is 70.6 Å². The SMILES string of the molecule is CC.CN.O=CN(Cc1ccc(F)cc1)C(=O)CCc1c[nH]c2c(Cl)cccc12. The van der Waals surface area contributed by atoms with Crippen molar-refractivity contribution < 1.29 is 14.0 Å². The number of carbonyl (C=O) groups is 2. The summed E-state index contributed by atoms with van der Waals surface area (Å²) in [6.07, 6.45) is 3.03. The summed E-state index contributed by atoms with van der Waals surface area (Å²) in [5, 5.41) is 1.59. The number of aromatic amines is 1. The minimum absolute atomic E-state index is 0.127. The molecule has 0 fully saturated rings. The lowest BCUT2D eigenvalue weighted by molar-refractivity contribution is -0.138. The molecule has 0 aliphatic carbocycles. The molecular formula is C22H27ClFN3O2. The van der Waals surface area contributed by atoms with E-state index in [0.717, 1.165) is 21.4 Å². The third kappa shape index (κ3) is 6.69. The van der Waals surface area contributed by atoms with Crippen molar-refractivity contribution in [1.29, 1.82) is 0 Å². The number of imide groups is 1.